The van der Waals surface area contributed by atoms with Gasteiger partial charge in [-0.2, -0.15) is 0 Å². The Balaban J connectivity index is 2.94. The lowest BCUT2D eigenvalue weighted by atomic mass is 9.92. The molecule has 0 bridgehead atoms. The zero-order valence-corrected chi connectivity index (χ0v) is 9.83. The molecule has 0 aliphatic carbocycles. The topological polar surface area (TPSA) is 46.2 Å². The maximum Gasteiger partial charge on any atom is 0.0732 e. The number of aryl methyl sites for hydroxylation is 2. The number of nitrogens with two attached hydrogens (primary N) is 1. The SMILES string of the molecule is CCC[C@@H](O)[C@@H](N)c1c(C)cccc1C. The van der Waals surface area contributed by atoms with Gasteiger partial charge < -0.3 is 10.8 Å². The van der Waals surface area contributed by atoms with E-state index in [-0.39, 0.29) is 6.04 Å². The van der Waals surface area contributed by atoms with Crippen molar-refractivity contribution in [2.75, 3.05) is 0 Å². The van der Waals surface area contributed by atoms with Crippen LogP contribution in [0.4, 0.5) is 0 Å². The smallest absolute Gasteiger partial charge is 0.0732 e. The fourth-order valence-corrected chi connectivity index (χ4v) is 2.02. The van der Waals surface area contributed by atoms with Gasteiger partial charge in [0.05, 0.1) is 12.1 Å². The maximum atomic E-state index is 9.90. The van der Waals surface area contributed by atoms with E-state index < -0.39 is 6.10 Å². The molecule has 0 spiro atoms. The second-order valence-corrected chi connectivity index (χ2v) is 4.19. The first-order valence-electron chi connectivity index (χ1n) is 5.57. The molecule has 0 saturated heterocycles. The Kier molecular flexibility index (Phi) is 4.30. The molecule has 1 aromatic rings. The zero-order chi connectivity index (χ0) is 11.4. The van der Waals surface area contributed by atoms with E-state index in [0.717, 1.165) is 29.5 Å². The van der Waals surface area contributed by atoms with Crippen molar-refractivity contribution in [3.8, 4) is 0 Å². The molecule has 15 heavy (non-hydrogen) atoms. The van der Waals surface area contributed by atoms with Crippen LogP contribution < -0.4 is 5.73 Å². The number of hydrogen-bond acceptors (Lipinski definition) is 2. The van der Waals surface area contributed by atoms with Gasteiger partial charge in [-0.3, -0.25) is 0 Å². The zero-order valence-electron chi connectivity index (χ0n) is 9.83. The first-order chi connectivity index (χ1) is 7.07. The minimum absolute atomic E-state index is 0.258. The molecule has 0 aromatic heterocycles. The lowest BCUT2D eigenvalue weighted by Crippen LogP contribution is -2.27. The number of aliphatic hydroxyl groups excluding tert-OH is 1. The number of rotatable bonds is 4. The number of hydrogen-bond donors (Lipinski definition) is 2. The summed E-state index contributed by atoms with van der Waals surface area (Å²) >= 11 is 0. The Labute approximate surface area is 92.1 Å². The average Bonchev–Trinajstić information content (AvgIpc) is 2.17. The van der Waals surface area contributed by atoms with Gasteiger partial charge in [0.1, 0.15) is 0 Å². The van der Waals surface area contributed by atoms with Crippen LogP contribution in [-0.4, -0.2) is 11.2 Å². The second kappa shape index (κ2) is 5.29. The van der Waals surface area contributed by atoms with E-state index in [0.29, 0.717) is 0 Å². The summed E-state index contributed by atoms with van der Waals surface area (Å²) in [6.07, 6.45) is 1.28. The molecule has 0 heterocycles. The largest absolute Gasteiger partial charge is 0.391 e. The first-order valence-corrected chi connectivity index (χ1v) is 5.57. The van der Waals surface area contributed by atoms with Crippen molar-refractivity contribution in [1.29, 1.82) is 0 Å². The van der Waals surface area contributed by atoms with Gasteiger partial charge in [0.25, 0.3) is 0 Å². The van der Waals surface area contributed by atoms with E-state index in [2.05, 4.69) is 6.92 Å². The summed E-state index contributed by atoms with van der Waals surface area (Å²) in [6, 6.07) is 5.85. The molecular formula is C13H21NO. The van der Waals surface area contributed by atoms with E-state index >= 15 is 0 Å². The Morgan fingerprint density at radius 3 is 2.27 bits per heavy atom. The molecule has 0 aliphatic rings. The average molecular weight is 207 g/mol. The summed E-state index contributed by atoms with van der Waals surface area (Å²) in [4.78, 5) is 0. The number of aliphatic hydroxyl groups is 1. The van der Waals surface area contributed by atoms with E-state index in [9.17, 15) is 5.11 Å². The Morgan fingerprint density at radius 1 is 1.27 bits per heavy atom. The third-order valence-corrected chi connectivity index (χ3v) is 2.87. The summed E-state index contributed by atoms with van der Waals surface area (Å²) in [7, 11) is 0. The number of benzene rings is 1. The standard InChI is InChI=1S/C13H21NO/c1-4-6-11(15)13(14)12-9(2)7-5-8-10(12)3/h5,7-8,11,13,15H,4,6,14H2,1-3H3/t11-,13-/m1/s1. The molecule has 1 aromatic carbocycles. The van der Waals surface area contributed by atoms with Crippen LogP contribution in [0.5, 0.6) is 0 Å². The molecule has 0 radical (unpaired) electrons. The molecule has 0 amide bonds. The first kappa shape index (κ1) is 12.2. The maximum absolute atomic E-state index is 9.90. The van der Waals surface area contributed by atoms with Crippen LogP contribution in [0.15, 0.2) is 18.2 Å². The second-order valence-electron chi connectivity index (χ2n) is 4.19. The van der Waals surface area contributed by atoms with Crippen LogP contribution in [-0.2, 0) is 0 Å². The third-order valence-electron chi connectivity index (χ3n) is 2.87. The minimum Gasteiger partial charge on any atom is -0.391 e. The quantitative estimate of drug-likeness (QED) is 0.796. The minimum atomic E-state index is -0.435. The van der Waals surface area contributed by atoms with E-state index in [1.165, 1.54) is 0 Å². The van der Waals surface area contributed by atoms with Crippen molar-refractivity contribution in [3.63, 3.8) is 0 Å². The van der Waals surface area contributed by atoms with Crippen molar-refractivity contribution in [2.45, 2.75) is 45.8 Å². The van der Waals surface area contributed by atoms with Crippen molar-refractivity contribution in [3.05, 3.63) is 34.9 Å². The highest BCUT2D eigenvalue weighted by Gasteiger charge is 2.19. The third kappa shape index (κ3) is 2.80. The lowest BCUT2D eigenvalue weighted by Gasteiger charge is -2.22. The Hall–Kier alpha value is -0.860. The fourth-order valence-electron chi connectivity index (χ4n) is 2.02. The van der Waals surface area contributed by atoms with Gasteiger partial charge in [0.2, 0.25) is 0 Å². The van der Waals surface area contributed by atoms with Gasteiger partial charge in [-0.1, -0.05) is 31.5 Å². The summed E-state index contributed by atoms with van der Waals surface area (Å²) in [5.41, 5.74) is 9.50. The molecule has 0 unspecified atom stereocenters. The normalized spacial score (nSPS) is 15.0. The van der Waals surface area contributed by atoms with Crippen LogP contribution in [0.3, 0.4) is 0 Å². The van der Waals surface area contributed by atoms with Crippen LogP contribution in [0.2, 0.25) is 0 Å². The van der Waals surface area contributed by atoms with Gasteiger partial charge in [0.15, 0.2) is 0 Å². The molecule has 2 atom stereocenters. The summed E-state index contributed by atoms with van der Waals surface area (Å²) < 4.78 is 0. The highest BCUT2D eigenvalue weighted by atomic mass is 16.3. The van der Waals surface area contributed by atoms with Gasteiger partial charge in [-0.05, 0) is 37.0 Å². The van der Waals surface area contributed by atoms with E-state index in [1.54, 1.807) is 0 Å². The van der Waals surface area contributed by atoms with Crippen LogP contribution in [0.1, 0.15) is 42.5 Å². The summed E-state index contributed by atoms with van der Waals surface area (Å²) in [5, 5.41) is 9.90. The van der Waals surface area contributed by atoms with Crippen LogP contribution in [0.25, 0.3) is 0 Å². The van der Waals surface area contributed by atoms with Crippen molar-refractivity contribution in [2.24, 2.45) is 5.73 Å². The lowest BCUT2D eigenvalue weighted by molar-refractivity contribution is 0.134. The monoisotopic (exact) mass is 207 g/mol. The molecule has 2 heteroatoms. The van der Waals surface area contributed by atoms with Gasteiger partial charge >= 0.3 is 0 Å². The fraction of sp³-hybridized carbons (Fsp3) is 0.538. The van der Waals surface area contributed by atoms with Crippen LogP contribution in [0, 0.1) is 13.8 Å². The highest BCUT2D eigenvalue weighted by Crippen LogP contribution is 2.24. The summed E-state index contributed by atoms with van der Waals surface area (Å²) in [6.45, 7) is 6.14. The van der Waals surface area contributed by atoms with Crippen molar-refractivity contribution >= 4 is 0 Å². The summed E-state index contributed by atoms with van der Waals surface area (Å²) in [5.74, 6) is 0. The predicted octanol–water partition coefficient (Wildman–Crippen LogP) is 2.46. The molecular weight excluding hydrogens is 186 g/mol. The van der Waals surface area contributed by atoms with Gasteiger partial charge in [-0.15, -0.1) is 0 Å². The molecule has 0 aliphatic heterocycles. The molecule has 3 N–H and O–H groups in total. The Bertz CT molecular complexity index is 302. The van der Waals surface area contributed by atoms with Gasteiger partial charge in [0, 0.05) is 0 Å². The van der Waals surface area contributed by atoms with Gasteiger partial charge in [-0.25, -0.2) is 0 Å². The molecule has 0 saturated carbocycles. The molecule has 1 rings (SSSR count). The molecule has 0 fully saturated rings. The van der Waals surface area contributed by atoms with E-state index in [1.807, 2.05) is 32.0 Å². The predicted molar refractivity (Wildman–Crippen MR) is 63.8 cm³/mol. The van der Waals surface area contributed by atoms with Crippen molar-refractivity contribution in [1.82, 2.24) is 0 Å². The molecule has 2 nitrogen and oxygen atoms in total. The molecule has 84 valence electrons. The van der Waals surface area contributed by atoms with E-state index in [4.69, 9.17) is 5.73 Å². The van der Waals surface area contributed by atoms with Crippen LogP contribution >= 0.6 is 0 Å². The van der Waals surface area contributed by atoms with Crippen molar-refractivity contribution < 1.29 is 5.11 Å². The Morgan fingerprint density at radius 2 is 1.80 bits per heavy atom. The highest BCUT2D eigenvalue weighted by molar-refractivity contribution is 5.36.